The fourth-order valence-electron chi connectivity index (χ4n) is 2.27. The summed E-state index contributed by atoms with van der Waals surface area (Å²) in [4.78, 5) is 0. The maximum atomic E-state index is 1.88. The van der Waals surface area contributed by atoms with Crippen molar-refractivity contribution in [1.29, 1.82) is 0 Å². The standard InChI is InChI=1S/C9H15.Li/c1-2-8-4-6-9(3-1)7-5-8;/h8H,1-7H2;/q-1;+1. The van der Waals surface area contributed by atoms with E-state index in [0.29, 0.717) is 0 Å². The van der Waals surface area contributed by atoms with Gasteiger partial charge in [-0.1, -0.05) is 25.7 Å². The zero-order valence-corrected chi connectivity index (χ0v) is 7.03. The fourth-order valence-corrected chi connectivity index (χ4v) is 2.27. The summed E-state index contributed by atoms with van der Waals surface area (Å²) in [5.41, 5.74) is 0. The Morgan fingerprint density at radius 3 is 2.30 bits per heavy atom. The van der Waals surface area contributed by atoms with Crippen molar-refractivity contribution >= 4 is 0 Å². The van der Waals surface area contributed by atoms with E-state index in [4.69, 9.17) is 0 Å². The number of fused-ring (bicyclic) bond motifs is 4. The molecule has 3 rings (SSSR count). The quantitative estimate of drug-likeness (QED) is 0.318. The van der Waals surface area contributed by atoms with Crippen molar-refractivity contribution < 1.29 is 18.9 Å². The van der Waals surface area contributed by atoms with Crippen LogP contribution in [0.3, 0.4) is 0 Å². The minimum absolute atomic E-state index is 0. The van der Waals surface area contributed by atoms with Gasteiger partial charge in [-0.05, 0) is 5.92 Å². The molecule has 3 aliphatic rings. The molecule has 0 aromatic rings. The van der Waals surface area contributed by atoms with Crippen LogP contribution in [-0.4, -0.2) is 0 Å². The van der Waals surface area contributed by atoms with Gasteiger partial charge < -0.3 is 5.92 Å². The zero-order chi connectivity index (χ0) is 6.10. The van der Waals surface area contributed by atoms with Crippen LogP contribution in [0.2, 0.25) is 0 Å². The van der Waals surface area contributed by atoms with Crippen molar-refractivity contribution in [2.75, 3.05) is 0 Å². The molecule has 0 atom stereocenters. The molecule has 0 radical (unpaired) electrons. The predicted octanol–water partition coefficient (Wildman–Crippen LogP) is -0.0610. The Morgan fingerprint density at radius 1 is 0.900 bits per heavy atom. The summed E-state index contributed by atoms with van der Waals surface area (Å²) in [5, 5.41) is 0. The Kier molecular flexibility index (Phi) is 3.33. The van der Waals surface area contributed by atoms with E-state index in [1.54, 1.807) is 0 Å². The van der Waals surface area contributed by atoms with Crippen LogP contribution in [-0.2, 0) is 0 Å². The van der Waals surface area contributed by atoms with Gasteiger partial charge >= 0.3 is 18.9 Å². The Hall–Kier alpha value is 0.597. The zero-order valence-electron chi connectivity index (χ0n) is 7.03. The van der Waals surface area contributed by atoms with Crippen molar-refractivity contribution in [2.24, 2.45) is 5.92 Å². The van der Waals surface area contributed by atoms with E-state index < -0.39 is 0 Å². The van der Waals surface area contributed by atoms with Gasteiger partial charge in [-0.25, -0.2) is 0 Å². The third-order valence-corrected chi connectivity index (χ3v) is 2.95. The van der Waals surface area contributed by atoms with Crippen LogP contribution in [0.25, 0.3) is 0 Å². The molecule has 0 saturated heterocycles. The van der Waals surface area contributed by atoms with E-state index in [-0.39, 0.29) is 18.9 Å². The Morgan fingerprint density at radius 2 is 1.60 bits per heavy atom. The molecule has 0 aliphatic heterocycles. The summed E-state index contributed by atoms with van der Waals surface area (Å²) < 4.78 is 0. The topological polar surface area (TPSA) is 0 Å². The summed E-state index contributed by atoms with van der Waals surface area (Å²) in [6.07, 6.45) is 10.5. The summed E-state index contributed by atoms with van der Waals surface area (Å²) in [5.74, 6) is 3.00. The molecule has 0 aromatic heterocycles. The molecule has 3 fully saturated rings. The number of hydrogen-bond acceptors (Lipinski definition) is 0. The first-order valence-corrected chi connectivity index (χ1v) is 4.29. The maximum absolute atomic E-state index is 1.88. The van der Waals surface area contributed by atoms with Crippen LogP contribution in [0, 0.1) is 11.8 Å². The monoisotopic (exact) mass is 130 g/mol. The van der Waals surface area contributed by atoms with E-state index in [1.165, 1.54) is 44.9 Å². The molecule has 0 unspecified atom stereocenters. The summed E-state index contributed by atoms with van der Waals surface area (Å²) in [7, 11) is 0. The maximum Gasteiger partial charge on any atom is 1.00 e. The van der Waals surface area contributed by atoms with Crippen molar-refractivity contribution in [1.82, 2.24) is 0 Å². The van der Waals surface area contributed by atoms with Crippen LogP contribution in [0.4, 0.5) is 0 Å². The molecule has 0 N–H and O–H groups in total. The van der Waals surface area contributed by atoms with Crippen molar-refractivity contribution in [3.05, 3.63) is 5.92 Å². The average Bonchev–Trinajstić information content (AvgIpc) is 2.21. The van der Waals surface area contributed by atoms with Gasteiger partial charge in [0.05, 0.1) is 0 Å². The second-order valence-corrected chi connectivity index (χ2v) is 3.59. The van der Waals surface area contributed by atoms with Crippen LogP contribution >= 0.6 is 0 Å². The van der Waals surface area contributed by atoms with Gasteiger partial charge in [-0.15, -0.1) is 0 Å². The first kappa shape index (κ1) is 8.69. The van der Waals surface area contributed by atoms with Crippen LogP contribution in [0.5, 0.6) is 0 Å². The van der Waals surface area contributed by atoms with Crippen LogP contribution < -0.4 is 18.9 Å². The Labute approximate surface area is 75.9 Å². The van der Waals surface area contributed by atoms with Crippen molar-refractivity contribution in [3.8, 4) is 0 Å². The second-order valence-electron chi connectivity index (χ2n) is 3.59. The SMILES string of the molecule is C1C[C-]2CCC(C1)CC2.[Li+]. The summed E-state index contributed by atoms with van der Waals surface area (Å²) in [6.45, 7) is 0. The van der Waals surface area contributed by atoms with E-state index in [1.807, 2.05) is 5.92 Å². The molecule has 0 nitrogen and oxygen atoms in total. The van der Waals surface area contributed by atoms with Crippen LogP contribution in [0.1, 0.15) is 44.9 Å². The predicted molar refractivity (Wildman–Crippen MR) is 39.1 cm³/mol. The van der Waals surface area contributed by atoms with Crippen LogP contribution in [0.15, 0.2) is 0 Å². The summed E-state index contributed by atoms with van der Waals surface area (Å²) >= 11 is 0. The Balaban J connectivity index is 0.000000500. The molecular weight excluding hydrogens is 115 g/mol. The van der Waals surface area contributed by atoms with Gasteiger partial charge in [0.15, 0.2) is 0 Å². The average molecular weight is 130 g/mol. The number of rotatable bonds is 0. The molecule has 0 amide bonds. The smallest absolute Gasteiger partial charge is 0.314 e. The molecule has 3 saturated carbocycles. The minimum atomic E-state index is 0. The fraction of sp³-hybridized carbons (Fsp3) is 0.889. The van der Waals surface area contributed by atoms with Gasteiger partial charge in [0.2, 0.25) is 0 Å². The van der Waals surface area contributed by atoms with E-state index in [9.17, 15) is 0 Å². The summed E-state index contributed by atoms with van der Waals surface area (Å²) in [6, 6.07) is 0. The van der Waals surface area contributed by atoms with E-state index in [0.717, 1.165) is 5.92 Å². The van der Waals surface area contributed by atoms with E-state index in [2.05, 4.69) is 0 Å². The third-order valence-electron chi connectivity index (χ3n) is 2.95. The van der Waals surface area contributed by atoms with Gasteiger partial charge in [-0.3, -0.25) is 0 Å². The molecular formula is C9H15Li. The van der Waals surface area contributed by atoms with Gasteiger partial charge in [0, 0.05) is 0 Å². The molecule has 3 aliphatic carbocycles. The molecule has 2 bridgehead atoms. The number of hydrogen-bond donors (Lipinski definition) is 0. The molecule has 0 heterocycles. The molecule has 10 heavy (non-hydrogen) atoms. The van der Waals surface area contributed by atoms with Crippen molar-refractivity contribution in [2.45, 2.75) is 44.9 Å². The third kappa shape index (κ3) is 1.80. The van der Waals surface area contributed by atoms with Gasteiger partial charge in [-0.2, -0.15) is 19.3 Å². The van der Waals surface area contributed by atoms with Gasteiger partial charge in [0.1, 0.15) is 0 Å². The van der Waals surface area contributed by atoms with Crippen molar-refractivity contribution in [3.63, 3.8) is 0 Å². The van der Waals surface area contributed by atoms with Gasteiger partial charge in [0.25, 0.3) is 0 Å². The normalized spacial score (nSPS) is 27.6. The minimum Gasteiger partial charge on any atom is -0.314 e. The first-order valence-electron chi connectivity index (χ1n) is 4.29. The Bertz CT molecular complexity index is 75.4. The largest absolute Gasteiger partial charge is 1.00 e. The molecule has 0 aromatic carbocycles. The van der Waals surface area contributed by atoms with E-state index >= 15 is 0 Å². The first-order chi connectivity index (χ1) is 4.45. The molecule has 1 heteroatoms. The molecule has 0 spiro atoms. The molecule has 52 valence electrons. The second kappa shape index (κ2) is 3.84.